The highest BCUT2D eigenvalue weighted by Crippen LogP contribution is 2.23. The molecule has 0 fully saturated rings. The van der Waals surface area contributed by atoms with Crippen molar-refractivity contribution in [3.63, 3.8) is 0 Å². The molecular formula is C13H15N. The lowest BCUT2D eigenvalue weighted by Gasteiger charge is -2.08. The Bertz CT molecular complexity index is 498. The minimum Gasteiger partial charge on any atom is -0.256 e. The fraction of sp³-hybridized carbons (Fsp3) is 0.308. The molecule has 0 radical (unpaired) electrons. The lowest BCUT2D eigenvalue weighted by Crippen LogP contribution is -1.91. The van der Waals surface area contributed by atoms with E-state index in [2.05, 4.69) is 44.8 Å². The second-order valence-corrected chi connectivity index (χ2v) is 4.04. The van der Waals surface area contributed by atoms with Crippen molar-refractivity contribution in [2.75, 3.05) is 0 Å². The van der Waals surface area contributed by atoms with E-state index < -0.39 is 0 Å². The first-order chi connectivity index (χ1) is 6.59. The van der Waals surface area contributed by atoms with Crippen LogP contribution in [0.3, 0.4) is 0 Å². The fourth-order valence-corrected chi connectivity index (χ4v) is 1.89. The highest BCUT2D eigenvalue weighted by molar-refractivity contribution is 5.86. The summed E-state index contributed by atoms with van der Waals surface area (Å²) in [6, 6.07) is 4.40. The number of fused-ring (bicyclic) bond motifs is 1. The molecule has 0 amide bonds. The maximum absolute atomic E-state index is 4.48. The molecule has 0 aliphatic rings. The van der Waals surface area contributed by atoms with Gasteiger partial charge in [-0.3, -0.25) is 4.98 Å². The van der Waals surface area contributed by atoms with Crippen molar-refractivity contribution in [2.45, 2.75) is 27.7 Å². The Hall–Kier alpha value is -1.37. The summed E-state index contributed by atoms with van der Waals surface area (Å²) in [6.45, 7) is 8.53. The van der Waals surface area contributed by atoms with Crippen LogP contribution in [0.1, 0.15) is 22.3 Å². The number of benzene rings is 1. The zero-order valence-corrected chi connectivity index (χ0v) is 9.18. The van der Waals surface area contributed by atoms with Gasteiger partial charge in [0.25, 0.3) is 0 Å². The lowest BCUT2D eigenvalue weighted by molar-refractivity contribution is 1.25. The summed E-state index contributed by atoms with van der Waals surface area (Å²) < 4.78 is 0. The monoisotopic (exact) mass is 185 g/mol. The van der Waals surface area contributed by atoms with Crippen molar-refractivity contribution < 1.29 is 0 Å². The fourth-order valence-electron chi connectivity index (χ4n) is 1.89. The highest BCUT2D eigenvalue weighted by Gasteiger charge is 2.04. The lowest BCUT2D eigenvalue weighted by atomic mass is 10.0. The second kappa shape index (κ2) is 3.09. The molecule has 1 heterocycles. The average molecular weight is 185 g/mol. The number of nitrogens with zero attached hydrogens (tertiary/aromatic N) is 1. The predicted molar refractivity (Wildman–Crippen MR) is 60.7 cm³/mol. The van der Waals surface area contributed by atoms with E-state index in [1.165, 1.54) is 27.6 Å². The molecule has 14 heavy (non-hydrogen) atoms. The van der Waals surface area contributed by atoms with Crippen molar-refractivity contribution >= 4 is 10.9 Å². The van der Waals surface area contributed by atoms with Crippen molar-refractivity contribution in [2.24, 2.45) is 0 Å². The third kappa shape index (κ3) is 1.29. The van der Waals surface area contributed by atoms with Gasteiger partial charge in [-0.25, -0.2) is 0 Å². The molecule has 0 bridgehead atoms. The van der Waals surface area contributed by atoms with E-state index in [9.17, 15) is 0 Å². The molecule has 0 saturated heterocycles. The first-order valence-corrected chi connectivity index (χ1v) is 4.93. The molecule has 2 aromatic rings. The van der Waals surface area contributed by atoms with Crippen LogP contribution in [0.15, 0.2) is 18.3 Å². The van der Waals surface area contributed by atoms with Crippen LogP contribution in [0.2, 0.25) is 0 Å². The molecule has 0 unspecified atom stereocenters. The molecule has 0 aliphatic heterocycles. The van der Waals surface area contributed by atoms with Crippen LogP contribution >= 0.6 is 0 Å². The van der Waals surface area contributed by atoms with Gasteiger partial charge in [0, 0.05) is 11.6 Å². The maximum atomic E-state index is 4.48. The molecule has 1 aromatic heterocycles. The summed E-state index contributed by atoms with van der Waals surface area (Å²) >= 11 is 0. The standard InChI is InChI=1S/C13H15N/c1-8-5-9(2)13-12(6-8)11(4)10(3)7-14-13/h5-7H,1-4H3. The summed E-state index contributed by atoms with van der Waals surface area (Å²) in [5, 5.41) is 1.29. The van der Waals surface area contributed by atoms with E-state index >= 15 is 0 Å². The SMILES string of the molecule is Cc1cc(C)c2ncc(C)c(C)c2c1. The van der Waals surface area contributed by atoms with E-state index in [0.717, 1.165) is 5.52 Å². The number of aryl methyl sites for hydroxylation is 4. The Balaban J connectivity index is 2.95. The van der Waals surface area contributed by atoms with Gasteiger partial charge in [-0.15, -0.1) is 0 Å². The van der Waals surface area contributed by atoms with Crippen LogP contribution in [-0.4, -0.2) is 4.98 Å². The van der Waals surface area contributed by atoms with E-state index in [1.807, 2.05) is 6.20 Å². The van der Waals surface area contributed by atoms with Gasteiger partial charge < -0.3 is 0 Å². The number of pyridine rings is 1. The van der Waals surface area contributed by atoms with Gasteiger partial charge in [-0.05, 0) is 50.5 Å². The Morgan fingerprint density at radius 1 is 0.929 bits per heavy atom. The van der Waals surface area contributed by atoms with E-state index in [0.29, 0.717) is 0 Å². The number of rotatable bonds is 0. The van der Waals surface area contributed by atoms with Crippen LogP contribution in [0.25, 0.3) is 10.9 Å². The molecular weight excluding hydrogens is 170 g/mol. The van der Waals surface area contributed by atoms with Crippen LogP contribution in [0.4, 0.5) is 0 Å². The van der Waals surface area contributed by atoms with Gasteiger partial charge in [-0.1, -0.05) is 11.6 Å². The molecule has 0 N–H and O–H groups in total. The zero-order valence-electron chi connectivity index (χ0n) is 9.18. The third-order valence-electron chi connectivity index (χ3n) is 2.83. The topological polar surface area (TPSA) is 12.9 Å². The summed E-state index contributed by atoms with van der Waals surface area (Å²) in [4.78, 5) is 4.48. The molecule has 0 saturated carbocycles. The first kappa shape index (κ1) is 9.20. The Kier molecular flexibility index (Phi) is 2.03. The summed E-state index contributed by atoms with van der Waals surface area (Å²) in [5.74, 6) is 0. The Labute approximate surface area is 84.8 Å². The molecule has 1 heteroatoms. The minimum absolute atomic E-state index is 1.14. The quantitative estimate of drug-likeness (QED) is 0.612. The minimum atomic E-state index is 1.14. The number of aromatic nitrogens is 1. The van der Waals surface area contributed by atoms with E-state index in [4.69, 9.17) is 0 Å². The summed E-state index contributed by atoms with van der Waals surface area (Å²) in [6.07, 6.45) is 1.96. The Morgan fingerprint density at radius 2 is 1.64 bits per heavy atom. The van der Waals surface area contributed by atoms with Crippen molar-refractivity contribution in [3.8, 4) is 0 Å². The summed E-state index contributed by atoms with van der Waals surface area (Å²) in [5.41, 5.74) is 6.33. The molecule has 1 nitrogen and oxygen atoms in total. The van der Waals surface area contributed by atoms with Crippen LogP contribution in [0.5, 0.6) is 0 Å². The zero-order chi connectivity index (χ0) is 10.3. The van der Waals surface area contributed by atoms with Gasteiger partial charge in [0.05, 0.1) is 5.52 Å². The molecule has 1 aromatic carbocycles. The van der Waals surface area contributed by atoms with Crippen LogP contribution < -0.4 is 0 Å². The van der Waals surface area contributed by atoms with Crippen molar-refractivity contribution in [3.05, 3.63) is 40.6 Å². The van der Waals surface area contributed by atoms with Gasteiger partial charge >= 0.3 is 0 Å². The van der Waals surface area contributed by atoms with Gasteiger partial charge in [0.1, 0.15) is 0 Å². The number of hydrogen-bond acceptors (Lipinski definition) is 1. The van der Waals surface area contributed by atoms with Crippen molar-refractivity contribution in [1.29, 1.82) is 0 Å². The smallest absolute Gasteiger partial charge is 0.0734 e. The average Bonchev–Trinajstić information content (AvgIpc) is 2.12. The highest BCUT2D eigenvalue weighted by atomic mass is 14.7. The normalized spacial score (nSPS) is 10.9. The first-order valence-electron chi connectivity index (χ1n) is 4.93. The van der Waals surface area contributed by atoms with Crippen LogP contribution in [-0.2, 0) is 0 Å². The molecule has 0 atom stereocenters. The van der Waals surface area contributed by atoms with Gasteiger partial charge in [0.2, 0.25) is 0 Å². The third-order valence-corrected chi connectivity index (χ3v) is 2.83. The van der Waals surface area contributed by atoms with E-state index in [-0.39, 0.29) is 0 Å². The van der Waals surface area contributed by atoms with E-state index in [1.54, 1.807) is 0 Å². The molecule has 2 rings (SSSR count). The summed E-state index contributed by atoms with van der Waals surface area (Å²) in [7, 11) is 0. The largest absolute Gasteiger partial charge is 0.256 e. The maximum Gasteiger partial charge on any atom is 0.0734 e. The van der Waals surface area contributed by atoms with Gasteiger partial charge in [-0.2, -0.15) is 0 Å². The molecule has 0 spiro atoms. The predicted octanol–water partition coefficient (Wildman–Crippen LogP) is 3.47. The van der Waals surface area contributed by atoms with Crippen molar-refractivity contribution in [1.82, 2.24) is 4.98 Å². The Morgan fingerprint density at radius 3 is 2.36 bits per heavy atom. The molecule has 72 valence electrons. The number of hydrogen-bond donors (Lipinski definition) is 0. The van der Waals surface area contributed by atoms with Crippen LogP contribution in [0, 0.1) is 27.7 Å². The second-order valence-electron chi connectivity index (χ2n) is 4.04. The van der Waals surface area contributed by atoms with Gasteiger partial charge in [0.15, 0.2) is 0 Å². The molecule has 0 aliphatic carbocycles.